The number of nitrogens with zero attached hydrogens (tertiary/aromatic N) is 3. The Balaban J connectivity index is 0.00000433. The molecule has 3 aromatic carbocycles. The Morgan fingerprint density at radius 3 is 2.32 bits per heavy atom. The van der Waals surface area contributed by atoms with Crippen molar-refractivity contribution in [2.24, 2.45) is 5.92 Å². The van der Waals surface area contributed by atoms with E-state index in [-0.39, 0.29) is 48.1 Å². The number of halogens is 3. The van der Waals surface area contributed by atoms with Crippen LogP contribution in [-0.4, -0.2) is 92.7 Å². The SMILES string of the molecule is CC(C)CC1CN(C(=O)c2cc(F)cc(N3CCNCC3)c2)CCN1C(=O)c1ccc(O[C@H]2CCNC2)c(-c2ccc(F)cc2)c1.Cl. The lowest BCUT2D eigenvalue weighted by atomic mass is 9.97. The molecule has 3 aliphatic rings. The highest BCUT2D eigenvalue weighted by atomic mass is 35.5. The van der Waals surface area contributed by atoms with Gasteiger partial charge in [-0.15, -0.1) is 12.4 Å². The van der Waals surface area contributed by atoms with E-state index in [2.05, 4.69) is 29.4 Å². The van der Waals surface area contributed by atoms with Gasteiger partial charge in [-0.1, -0.05) is 26.0 Å². The molecule has 3 aliphatic heterocycles. The van der Waals surface area contributed by atoms with E-state index < -0.39 is 5.82 Å². The zero-order valence-corrected chi connectivity index (χ0v) is 27.8. The van der Waals surface area contributed by atoms with Crippen molar-refractivity contribution in [3.63, 3.8) is 0 Å². The summed E-state index contributed by atoms with van der Waals surface area (Å²) in [5, 5.41) is 6.61. The molecule has 0 radical (unpaired) electrons. The first-order valence-electron chi connectivity index (χ1n) is 16.4. The van der Waals surface area contributed by atoms with Crippen LogP contribution in [0.3, 0.4) is 0 Å². The average Bonchev–Trinajstić information content (AvgIpc) is 3.58. The maximum Gasteiger partial charge on any atom is 0.254 e. The van der Waals surface area contributed by atoms with Crippen LogP contribution in [0, 0.1) is 17.6 Å². The van der Waals surface area contributed by atoms with Gasteiger partial charge in [-0.2, -0.15) is 0 Å². The summed E-state index contributed by atoms with van der Waals surface area (Å²) in [5.74, 6) is -0.169. The molecule has 2 amide bonds. The number of anilines is 1. The topological polar surface area (TPSA) is 77.2 Å². The van der Waals surface area contributed by atoms with Gasteiger partial charge in [0.25, 0.3) is 11.8 Å². The molecule has 252 valence electrons. The number of hydrogen-bond donors (Lipinski definition) is 2. The summed E-state index contributed by atoms with van der Waals surface area (Å²) in [6, 6.07) is 16.1. The van der Waals surface area contributed by atoms with Gasteiger partial charge in [0.15, 0.2) is 0 Å². The van der Waals surface area contributed by atoms with Crippen molar-refractivity contribution in [2.45, 2.75) is 38.8 Å². The second kappa shape index (κ2) is 15.4. The van der Waals surface area contributed by atoms with Crippen LogP contribution in [0.4, 0.5) is 14.5 Å². The lowest BCUT2D eigenvalue weighted by Crippen LogP contribution is -2.57. The zero-order chi connectivity index (χ0) is 32.2. The third-order valence-corrected chi connectivity index (χ3v) is 9.08. The Morgan fingerprint density at radius 1 is 0.851 bits per heavy atom. The fraction of sp³-hybridized carbons (Fsp3) is 0.444. The number of piperazine rings is 2. The summed E-state index contributed by atoms with van der Waals surface area (Å²) in [5.41, 5.74) is 3.05. The molecule has 8 nitrogen and oxygen atoms in total. The van der Waals surface area contributed by atoms with Crippen LogP contribution in [0.5, 0.6) is 5.75 Å². The summed E-state index contributed by atoms with van der Waals surface area (Å²) in [6.07, 6.45) is 1.62. The molecule has 3 heterocycles. The van der Waals surface area contributed by atoms with E-state index in [9.17, 15) is 18.4 Å². The fourth-order valence-corrected chi connectivity index (χ4v) is 6.73. The van der Waals surface area contributed by atoms with Gasteiger partial charge in [0.2, 0.25) is 0 Å². The van der Waals surface area contributed by atoms with Crippen LogP contribution in [0.2, 0.25) is 0 Å². The van der Waals surface area contributed by atoms with E-state index in [4.69, 9.17) is 4.74 Å². The number of carbonyl (C=O) groups is 2. The molecule has 0 spiro atoms. The van der Waals surface area contributed by atoms with Gasteiger partial charge in [-0.25, -0.2) is 8.78 Å². The third kappa shape index (κ3) is 8.23. The summed E-state index contributed by atoms with van der Waals surface area (Å²) < 4.78 is 34.9. The molecule has 1 unspecified atom stereocenters. The molecule has 3 aromatic rings. The van der Waals surface area contributed by atoms with Crippen LogP contribution >= 0.6 is 12.4 Å². The molecule has 0 aromatic heterocycles. The summed E-state index contributed by atoms with van der Waals surface area (Å²) >= 11 is 0. The van der Waals surface area contributed by atoms with Gasteiger partial charge in [0.05, 0.1) is 0 Å². The highest BCUT2D eigenvalue weighted by Gasteiger charge is 2.34. The quantitative estimate of drug-likeness (QED) is 0.343. The van der Waals surface area contributed by atoms with Crippen molar-refractivity contribution in [1.29, 1.82) is 0 Å². The maximum atomic E-state index is 14.7. The number of ether oxygens (including phenoxy) is 1. The Morgan fingerprint density at radius 2 is 1.62 bits per heavy atom. The zero-order valence-electron chi connectivity index (χ0n) is 27.0. The van der Waals surface area contributed by atoms with Gasteiger partial charge in [-0.05, 0) is 79.4 Å². The van der Waals surface area contributed by atoms with Crippen molar-refractivity contribution in [2.75, 3.05) is 63.8 Å². The van der Waals surface area contributed by atoms with E-state index in [1.54, 1.807) is 29.2 Å². The minimum absolute atomic E-state index is 0. The van der Waals surface area contributed by atoms with Crippen molar-refractivity contribution < 1.29 is 23.1 Å². The number of benzene rings is 3. The highest BCUT2D eigenvalue weighted by Crippen LogP contribution is 2.34. The molecule has 3 saturated heterocycles. The first-order valence-corrected chi connectivity index (χ1v) is 16.4. The van der Waals surface area contributed by atoms with Crippen LogP contribution < -0.4 is 20.3 Å². The molecule has 0 aliphatic carbocycles. The number of hydrogen-bond acceptors (Lipinski definition) is 6. The first-order chi connectivity index (χ1) is 22.2. The van der Waals surface area contributed by atoms with Crippen LogP contribution in [-0.2, 0) is 0 Å². The minimum atomic E-state index is -0.430. The van der Waals surface area contributed by atoms with E-state index in [1.807, 2.05) is 17.0 Å². The Kier molecular flexibility index (Phi) is 11.4. The van der Waals surface area contributed by atoms with Gasteiger partial charge < -0.3 is 30.1 Å². The molecule has 6 rings (SSSR count). The second-order valence-electron chi connectivity index (χ2n) is 12.9. The number of carbonyl (C=O) groups excluding carboxylic acids is 2. The fourth-order valence-electron chi connectivity index (χ4n) is 6.73. The average molecular weight is 668 g/mol. The Bertz CT molecular complexity index is 1540. The van der Waals surface area contributed by atoms with E-state index in [0.29, 0.717) is 48.6 Å². The number of amides is 2. The highest BCUT2D eigenvalue weighted by molar-refractivity contribution is 5.98. The summed E-state index contributed by atoms with van der Waals surface area (Å²) in [7, 11) is 0. The third-order valence-electron chi connectivity index (χ3n) is 9.08. The normalized spacial score (nSPS) is 19.9. The Hall–Kier alpha value is -3.73. The van der Waals surface area contributed by atoms with Crippen molar-refractivity contribution >= 4 is 29.9 Å². The van der Waals surface area contributed by atoms with Gasteiger partial charge >= 0.3 is 0 Å². The van der Waals surface area contributed by atoms with Gasteiger partial charge in [-0.3, -0.25) is 9.59 Å². The number of nitrogens with one attached hydrogen (secondary N) is 2. The van der Waals surface area contributed by atoms with Crippen LogP contribution in [0.25, 0.3) is 11.1 Å². The van der Waals surface area contributed by atoms with Gasteiger partial charge in [0, 0.05) is 80.8 Å². The van der Waals surface area contributed by atoms with E-state index in [0.717, 1.165) is 56.8 Å². The summed E-state index contributed by atoms with van der Waals surface area (Å²) in [4.78, 5) is 33.6. The lowest BCUT2D eigenvalue weighted by Gasteiger charge is -2.42. The predicted octanol–water partition coefficient (Wildman–Crippen LogP) is 5.22. The van der Waals surface area contributed by atoms with Gasteiger partial charge in [0.1, 0.15) is 23.5 Å². The lowest BCUT2D eigenvalue weighted by molar-refractivity contribution is 0.0351. The number of rotatable bonds is 8. The van der Waals surface area contributed by atoms with Crippen LogP contribution in [0.15, 0.2) is 60.7 Å². The molecule has 2 N–H and O–H groups in total. The molecule has 0 bridgehead atoms. The standard InChI is InChI=1S/C36H43F2N5O3.ClH/c1-24(2)17-31-23-42(35(44)27-18-29(38)21-30(19-27)41-13-11-39-12-14-41)15-16-43(31)36(45)26-5-8-34(46-32-9-10-40-22-32)33(20-26)25-3-6-28(37)7-4-25;/h3-8,18-21,24,31-32,39-40H,9-17,22-23H2,1-2H3;1H/t31?,32-;/m0./s1. The minimum Gasteiger partial charge on any atom is -0.488 e. The largest absolute Gasteiger partial charge is 0.488 e. The molecular formula is C36H44ClF2N5O3. The summed E-state index contributed by atoms with van der Waals surface area (Å²) in [6.45, 7) is 10.0. The van der Waals surface area contributed by atoms with Crippen LogP contribution in [0.1, 0.15) is 47.4 Å². The molecule has 2 atom stereocenters. The molecule has 47 heavy (non-hydrogen) atoms. The molecule has 3 fully saturated rings. The monoisotopic (exact) mass is 667 g/mol. The predicted molar refractivity (Wildman–Crippen MR) is 183 cm³/mol. The molecule has 0 saturated carbocycles. The maximum absolute atomic E-state index is 14.7. The van der Waals surface area contributed by atoms with Crippen molar-refractivity contribution in [3.05, 3.63) is 83.4 Å². The van der Waals surface area contributed by atoms with Crippen molar-refractivity contribution in [1.82, 2.24) is 20.4 Å². The Labute approximate surface area is 281 Å². The molecular weight excluding hydrogens is 624 g/mol. The first kappa shape index (κ1) is 34.6. The van der Waals surface area contributed by atoms with E-state index in [1.165, 1.54) is 24.3 Å². The van der Waals surface area contributed by atoms with Crippen molar-refractivity contribution in [3.8, 4) is 16.9 Å². The van der Waals surface area contributed by atoms with E-state index >= 15 is 0 Å². The molecule has 11 heteroatoms. The smallest absolute Gasteiger partial charge is 0.254 e. The second-order valence-corrected chi connectivity index (χ2v) is 12.9.